The van der Waals surface area contributed by atoms with E-state index < -0.39 is 12.5 Å². The molecule has 0 radical (unpaired) electrons. The number of hydrogen-bond acceptors (Lipinski definition) is 6. The topological polar surface area (TPSA) is 69.4 Å². The third kappa shape index (κ3) is 5.71. The number of hydrogen-bond donors (Lipinski definition) is 1. The van der Waals surface area contributed by atoms with Gasteiger partial charge >= 0.3 is 0 Å². The molecule has 0 aliphatic heterocycles. The molecule has 1 N–H and O–H groups in total. The highest BCUT2D eigenvalue weighted by atomic mass is 19.3. The second-order valence-electron chi connectivity index (χ2n) is 7.83. The standard InChI is InChI=1S/C23H25F2N3O3/c1-14(2)30-19-5-3-4-16(12-19)21(22(24)25)26-17-8-10-18(11-9-17)29-13-20-27-23(31-28-20)15-6-7-15/h3-5,8-12,14-15,21-22,26H,6-7,13H2,1-2H3. The Labute approximate surface area is 179 Å². The summed E-state index contributed by atoms with van der Waals surface area (Å²) in [6, 6.07) is 12.4. The molecule has 3 aromatic rings. The highest BCUT2D eigenvalue weighted by Crippen LogP contribution is 2.38. The smallest absolute Gasteiger partial charge is 0.262 e. The van der Waals surface area contributed by atoms with Crippen LogP contribution in [0.25, 0.3) is 0 Å². The van der Waals surface area contributed by atoms with Crippen LogP contribution in [-0.4, -0.2) is 22.7 Å². The molecule has 0 amide bonds. The zero-order valence-electron chi connectivity index (χ0n) is 17.4. The number of alkyl halides is 2. The molecule has 164 valence electrons. The van der Waals surface area contributed by atoms with Gasteiger partial charge in [0.1, 0.15) is 17.5 Å². The lowest BCUT2D eigenvalue weighted by atomic mass is 10.1. The van der Waals surface area contributed by atoms with E-state index in [0.29, 0.717) is 40.4 Å². The molecule has 1 aliphatic carbocycles. The molecule has 0 saturated heterocycles. The van der Waals surface area contributed by atoms with Gasteiger partial charge in [-0.1, -0.05) is 17.3 Å². The van der Waals surface area contributed by atoms with Crippen LogP contribution < -0.4 is 14.8 Å². The second kappa shape index (κ2) is 9.32. The first-order chi connectivity index (χ1) is 15.0. The van der Waals surface area contributed by atoms with Gasteiger partial charge in [-0.2, -0.15) is 4.98 Å². The zero-order valence-corrected chi connectivity index (χ0v) is 17.4. The van der Waals surface area contributed by atoms with E-state index in [4.69, 9.17) is 14.0 Å². The van der Waals surface area contributed by atoms with E-state index in [9.17, 15) is 8.78 Å². The Morgan fingerprint density at radius 3 is 2.55 bits per heavy atom. The summed E-state index contributed by atoms with van der Waals surface area (Å²) < 4.78 is 44.0. The van der Waals surface area contributed by atoms with Gasteiger partial charge in [-0.15, -0.1) is 0 Å². The Bertz CT molecular complexity index is 988. The van der Waals surface area contributed by atoms with Crippen molar-refractivity contribution >= 4 is 5.69 Å². The van der Waals surface area contributed by atoms with Gasteiger partial charge in [0.2, 0.25) is 11.7 Å². The van der Waals surface area contributed by atoms with Crippen molar-refractivity contribution in [3.8, 4) is 11.5 Å². The Hall–Kier alpha value is -3.16. The van der Waals surface area contributed by atoms with Gasteiger partial charge in [-0.3, -0.25) is 0 Å². The Morgan fingerprint density at radius 1 is 1.10 bits per heavy atom. The average molecular weight is 429 g/mol. The monoisotopic (exact) mass is 429 g/mol. The van der Waals surface area contributed by atoms with Crippen LogP contribution in [0.2, 0.25) is 0 Å². The van der Waals surface area contributed by atoms with E-state index in [1.165, 1.54) is 0 Å². The number of aromatic nitrogens is 2. The van der Waals surface area contributed by atoms with Crippen molar-refractivity contribution in [2.45, 2.75) is 57.8 Å². The minimum Gasteiger partial charge on any atom is -0.491 e. The fraction of sp³-hybridized carbons (Fsp3) is 0.391. The van der Waals surface area contributed by atoms with Crippen molar-refractivity contribution < 1.29 is 22.8 Å². The molecular formula is C23H25F2N3O3. The predicted molar refractivity (Wildman–Crippen MR) is 112 cm³/mol. The zero-order chi connectivity index (χ0) is 21.8. The van der Waals surface area contributed by atoms with E-state index >= 15 is 0 Å². The van der Waals surface area contributed by atoms with Crippen LogP contribution in [0, 0.1) is 0 Å². The molecule has 4 rings (SSSR count). The van der Waals surface area contributed by atoms with Crippen LogP contribution in [0.15, 0.2) is 53.1 Å². The Balaban J connectivity index is 1.37. The normalized spacial score (nSPS) is 14.6. The summed E-state index contributed by atoms with van der Waals surface area (Å²) in [6.45, 7) is 3.97. The van der Waals surface area contributed by atoms with Crippen LogP contribution in [0.5, 0.6) is 11.5 Å². The van der Waals surface area contributed by atoms with Crippen LogP contribution >= 0.6 is 0 Å². The molecule has 1 aliphatic rings. The number of halogens is 2. The lowest BCUT2D eigenvalue weighted by molar-refractivity contribution is 0.124. The fourth-order valence-corrected chi connectivity index (χ4v) is 3.14. The maximum atomic E-state index is 13.8. The lowest BCUT2D eigenvalue weighted by Gasteiger charge is -2.21. The van der Waals surface area contributed by atoms with E-state index in [1.807, 2.05) is 13.8 Å². The van der Waals surface area contributed by atoms with Gasteiger partial charge in [0, 0.05) is 11.6 Å². The predicted octanol–water partition coefficient (Wildman–Crippen LogP) is 5.73. The van der Waals surface area contributed by atoms with Gasteiger partial charge < -0.3 is 19.3 Å². The van der Waals surface area contributed by atoms with Crippen molar-refractivity contribution in [3.63, 3.8) is 0 Å². The van der Waals surface area contributed by atoms with E-state index in [0.717, 1.165) is 12.8 Å². The van der Waals surface area contributed by atoms with Crippen molar-refractivity contribution in [1.82, 2.24) is 10.1 Å². The van der Waals surface area contributed by atoms with E-state index in [-0.39, 0.29) is 12.7 Å². The number of anilines is 1. The Kier molecular flexibility index (Phi) is 6.34. The summed E-state index contributed by atoms with van der Waals surface area (Å²) in [5.41, 5.74) is 1.01. The largest absolute Gasteiger partial charge is 0.491 e. The average Bonchev–Trinajstić information content (AvgIpc) is 3.49. The van der Waals surface area contributed by atoms with E-state index in [2.05, 4.69) is 15.5 Å². The van der Waals surface area contributed by atoms with Gasteiger partial charge in [0.05, 0.1) is 6.10 Å². The van der Waals surface area contributed by atoms with Crippen LogP contribution in [0.4, 0.5) is 14.5 Å². The first-order valence-corrected chi connectivity index (χ1v) is 10.3. The molecule has 0 spiro atoms. The second-order valence-corrected chi connectivity index (χ2v) is 7.83. The molecule has 31 heavy (non-hydrogen) atoms. The quantitative estimate of drug-likeness (QED) is 0.444. The molecule has 1 fully saturated rings. The van der Waals surface area contributed by atoms with Gasteiger partial charge in [-0.05, 0) is 68.7 Å². The van der Waals surface area contributed by atoms with Crippen molar-refractivity contribution in [3.05, 3.63) is 65.8 Å². The van der Waals surface area contributed by atoms with Crippen LogP contribution in [0.3, 0.4) is 0 Å². The summed E-state index contributed by atoms with van der Waals surface area (Å²) in [5, 5.41) is 6.81. The number of benzene rings is 2. The van der Waals surface area contributed by atoms with Crippen LogP contribution in [-0.2, 0) is 6.61 Å². The highest BCUT2D eigenvalue weighted by Gasteiger charge is 2.29. The first-order valence-electron chi connectivity index (χ1n) is 10.3. The third-order valence-corrected chi connectivity index (χ3v) is 4.80. The molecule has 6 nitrogen and oxygen atoms in total. The molecular weight excluding hydrogens is 404 g/mol. The Morgan fingerprint density at radius 2 is 1.87 bits per heavy atom. The third-order valence-electron chi connectivity index (χ3n) is 4.80. The van der Waals surface area contributed by atoms with Gasteiger partial charge in [0.15, 0.2) is 6.61 Å². The van der Waals surface area contributed by atoms with E-state index in [1.54, 1.807) is 48.5 Å². The van der Waals surface area contributed by atoms with Crippen molar-refractivity contribution in [1.29, 1.82) is 0 Å². The molecule has 1 saturated carbocycles. The van der Waals surface area contributed by atoms with Crippen molar-refractivity contribution in [2.75, 3.05) is 5.32 Å². The summed E-state index contributed by atoms with van der Waals surface area (Å²) in [5.74, 6) is 2.70. The molecule has 2 aromatic carbocycles. The highest BCUT2D eigenvalue weighted by molar-refractivity contribution is 5.49. The molecule has 1 atom stereocenters. The maximum absolute atomic E-state index is 13.8. The molecule has 1 heterocycles. The molecule has 0 bridgehead atoms. The first kappa shape index (κ1) is 21.1. The minimum absolute atomic E-state index is 0.0338. The number of ether oxygens (including phenoxy) is 2. The fourth-order valence-electron chi connectivity index (χ4n) is 3.14. The number of nitrogens with one attached hydrogen (secondary N) is 1. The van der Waals surface area contributed by atoms with Gasteiger partial charge in [0.25, 0.3) is 6.43 Å². The molecule has 1 aromatic heterocycles. The number of nitrogens with zero attached hydrogens (tertiary/aromatic N) is 2. The molecule has 8 heteroatoms. The summed E-state index contributed by atoms with van der Waals surface area (Å²) >= 11 is 0. The minimum atomic E-state index is -2.59. The lowest BCUT2D eigenvalue weighted by Crippen LogP contribution is -2.19. The maximum Gasteiger partial charge on any atom is 0.262 e. The number of rotatable bonds is 10. The SMILES string of the molecule is CC(C)Oc1cccc(C(Nc2ccc(OCc3noc(C4CC4)n3)cc2)C(F)F)c1. The van der Waals surface area contributed by atoms with Crippen LogP contribution in [0.1, 0.15) is 55.9 Å². The molecule has 1 unspecified atom stereocenters. The van der Waals surface area contributed by atoms with Crippen molar-refractivity contribution in [2.24, 2.45) is 0 Å². The summed E-state index contributed by atoms with van der Waals surface area (Å²) in [4.78, 5) is 4.31. The summed E-state index contributed by atoms with van der Waals surface area (Å²) in [6.07, 6.45) is -0.449. The summed E-state index contributed by atoms with van der Waals surface area (Å²) in [7, 11) is 0. The van der Waals surface area contributed by atoms with Gasteiger partial charge in [-0.25, -0.2) is 8.78 Å².